The Labute approximate surface area is 62.9 Å². The summed E-state index contributed by atoms with van der Waals surface area (Å²) < 4.78 is -0.472. The van der Waals surface area contributed by atoms with Crippen LogP contribution in [0, 0.1) is 11.8 Å². The van der Waals surface area contributed by atoms with Crippen molar-refractivity contribution >= 4 is 31.7 Å². The van der Waals surface area contributed by atoms with Crippen molar-refractivity contribution in [1.29, 1.82) is 5.26 Å². The van der Waals surface area contributed by atoms with Crippen molar-refractivity contribution in [2.24, 2.45) is 0 Å². The molecule has 0 atom stereocenters. The van der Waals surface area contributed by atoms with Crippen molar-refractivity contribution in [2.45, 2.75) is 19.6 Å². The van der Waals surface area contributed by atoms with Gasteiger partial charge in [-0.1, -0.05) is 0 Å². The topological polar surface area (TPSA) is 23.8 Å². The van der Waals surface area contributed by atoms with Crippen LogP contribution in [0.5, 0.6) is 0 Å². The van der Waals surface area contributed by atoms with Crippen LogP contribution < -0.4 is 0 Å². The van der Waals surface area contributed by atoms with Gasteiger partial charge in [0.2, 0.25) is 0 Å². The number of hydrogen-bond donors (Lipinski definition) is 0. The second kappa shape index (κ2) is 4.86. The molecule has 0 saturated heterocycles. The third-order valence-electron chi connectivity index (χ3n) is 0. The molecule has 0 amide bonds. The SMILES string of the molecule is C#N.C[Si](C)(C)[Na]. The van der Waals surface area contributed by atoms with E-state index in [1.165, 1.54) is 27.0 Å². The average Bonchev–Trinajstić information content (AvgIpc) is 1.36. The first-order valence-corrected chi connectivity index (χ1v) is 9.26. The first-order valence-electron chi connectivity index (χ1n) is 2.26. The van der Waals surface area contributed by atoms with Crippen molar-refractivity contribution in [1.82, 2.24) is 0 Å². The first-order chi connectivity index (χ1) is 3.00. The van der Waals surface area contributed by atoms with Crippen molar-refractivity contribution in [3.8, 4) is 6.57 Å². The molecular formula is C4H10NNaSi. The van der Waals surface area contributed by atoms with Crippen molar-refractivity contribution in [3.05, 3.63) is 0 Å². The van der Waals surface area contributed by atoms with E-state index in [0.29, 0.717) is 0 Å². The molecule has 0 N–H and O–H groups in total. The maximum absolute atomic E-state index is 6.50. The van der Waals surface area contributed by atoms with Gasteiger partial charge in [-0.3, -0.25) is 0 Å². The maximum atomic E-state index is 6.50. The molecule has 0 aliphatic rings. The molecule has 0 fully saturated rings. The predicted octanol–water partition coefficient (Wildman–Crippen LogP) is 1.13. The fourth-order valence-electron chi connectivity index (χ4n) is 0. The summed E-state index contributed by atoms with van der Waals surface area (Å²) in [5, 5.41) is 6.50. The number of nitriles is 1. The van der Waals surface area contributed by atoms with E-state index in [9.17, 15) is 0 Å². The normalized spacial score (nSPS) is 9.00. The van der Waals surface area contributed by atoms with Gasteiger partial charge in [-0.05, 0) is 0 Å². The van der Waals surface area contributed by atoms with E-state index in [0.717, 1.165) is 0 Å². The Morgan fingerprint density at radius 2 is 1.29 bits per heavy atom. The van der Waals surface area contributed by atoms with Gasteiger partial charge in [0, 0.05) is 6.57 Å². The Kier molecular flexibility index (Phi) is 7.38. The summed E-state index contributed by atoms with van der Waals surface area (Å²) in [4.78, 5) is 0. The molecule has 0 aromatic heterocycles. The standard InChI is InChI=1S/C3H9Si.CHN.Na/c1-4(2)3;1-2;/h1-3H3;1H;. The molecule has 0 aliphatic heterocycles. The zero-order chi connectivity index (χ0) is 6.50. The second-order valence-corrected chi connectivity index (χ2v) is 18.0. The molecular weight excluding hydrogens is 113 g/mol. The summed E-state index contributed by atoms with van der Waals surface area (Å²) in [5.41, 5.74) is 0. The van der Waals surface area contributed by atoms with Crippen molar-refractivity contribution < 1.29 is 0 Å². The van der Waals surface area contributed by atoms with Gasteiger partial charge in [0.1, 0.15) is 0 Å². The summed E-state index contributed by atoms with van der Waals surface area (Å²) in [6.45, 7) is 10.7. The van der Waals surface area contributed by atoms with Crippen molar-refractivity contribution in [2.75, 3.05) is 0 Å². The average molecular weight is 123 g/mol. The molecule has 0 unspecified atom stereocenters. The van der Waals surface area contributed by atoms with Gasteiger partial charge in [0.05, 0.1) is 0 Å². The van der Waals surface area contributed by atoms with Crippen molar-refractivity contribution in [3.63, 3.8) is 0 Å². The third-order valence-corrected chi connectivity index (χ3v) is 0. The number of rotatable bonds is 0. The van der Waals surface area contributed by atoms with Crippen LogP contribution in [-0.4, -0.2) is 31.7 Å². The molecule has 7 heavy (non-hydrogen) atoms. The molecule has 0 rings (SSSR count). The van der Waals surface area contributed by atoms with Crippen LogP contribution in [0.3, 0.4) is 0 Å². The molecule has 0 aromatic carbocycles. The molecule has 0 radical (unpaired) electrons. The van der Waals surface area contributed by atoms with Crippen LogP contribution in [0.15, 0.2) is 0 Å². The second-order valence-electron chi connectivity index (χ2n) is 3.00. The van der Waals surface area contributed by atoms with Gasteiger partial charge in [-0.15, -0.1) is 0 Å². The minimum absolute atomic E-state index is 0.472. The molecule has 0 bridgehead atoms. The van der Waals surface area contributed by atoms with E-state index in [4.69, 9.17) is 5.26 Å². The van der Waals surface area contributed by atoms with E-state index in [1.807, 2.05) is 0 Å². The van der Waals surface area contributed by atoms with Crippen LogP contribution in [-0.2, 0) is 0 Å². The van der Waals surface area contributed by atoms with Crippen LogP contribution in [0.1, 0.15) is 0 Å². The monoisotopic (exact) mass is 123 g/mol. The molecule has 0 heterocycles. The molecule has 0 aromatic rings. The predicted molar refractivity (Wildman–Crippen MR) is 35.8 cm³/mol. The van der Waals surface area contributed by atoms with Gasteiger partial charge in [-0.2, -0.15) is 0 Å². The number of hydrogen-bond acceptors (Lipinski definition) is 1. The molecule has 0 spiro atoms. The zero-order valence-corrected chi connectivity index (χ0v) is 8.52. The van der Waals surface area contributed by atoms with Gasteiger partial charge < -0.3 is 0 Å². The Bertz CT molecular complexity index is 48.4. The van der Waals surface area contributed by atoms with E-state index in [-0.39, 0.29) is 0 Å². The fraction of sp³-hybridized carbons (Fsp3) is 0.750. The molecule has 1 nitrogen and oxygen atoms in total. The Hall–Kier alpha value is 0.707. The quantitative estimate of drug-likeness (QED) is 0.443. The van der Waals surface area contributed by atoms with E-state index in [2.05, 4.69) is 26.2 Å². The Morgan fingerprint density at radius 1 is 1.29 bits per heavy atom. The molecule has 0 saturated carbocycles. The van der Waals surface area contributed by atoms with Gasteiger partial charge in [0.15, 0.2) is 0 Å². The minimum atomic E-state index is -0.472. The van der Waals surface area contributed by atoms with Crippen LogP contribution in [0.2, 0.25) is 19.6 Å². The van der Waals surface area contributed by atoms with Gasteiger partial charge in [0.25, 0.3) is 0 Å². The van der Waals surface area contributed by atoms with Crippen LogP contribution in [0.4, 0.5) is 0 Å². The Balaban J connectivity index is 0. The first kappa shape index (κ1) is 10.6. The van der Waals surface area contributed by atoms with Crippen LogP contribution >= 0.6 is 0 Å². The van der Waals surface area contributed by atoms with Gasteiger partial charge in [-0.25, -0.2) is 5.26 Å². The summed E-state index contributed by atoms with van der Waals surface area (Å²) in [6.07, 6.45) is 0. The summed E-state index contributed by atoms with van der Waals surface area (Å²) >= 11 is 1.45. The van der Waals surface area contributed by atoms with E-state index >= 15 is 0 Å². The molecule has 3 heteroatoms. The summed E-state index contributed by atoms with van der Waals surface area (Å²) in [6, 6.07) is 0. The summed E-state index contributed by atoms with van der Waals surface area (Å²) in [7, 11) is 0. The van der Waals surface area contributed by atoms with E-state index < -0.39 is 4.63 Å². The van der Waals surface area contributed by atoms with E-state index in [1.54, 1.807) is 0 Å². The number of nitrogens with zero attached hydrogens (tertiary/aromatic N) is 1. The van der Waals surface area contributed by atoms with Gasteiger partial charge >= 0.3 is 51.3 Å². The molecule has 0 aliphatic carbocycles. The third kappa shape index (κ3) is 297. The summed E-state index contributed by atoms with van der Waals surface area (Å²) in [5.74, 6) is 0. The zero-order valence-electron chi connectivity index (χ0n) is 5.52. The Morgan fingerprint density at radius 3 is 1.29 bits per heavy atom. The molecule has 36 valence electrons. The fourth-order valence-corrected chi connectivity index (χ4v) is 0. The van der Waals surface area contributed by atoms with Crippen LogP contribution in [0.25, 0.3) is 0 Å².